The van der Waals surface area contributed by atoms with Crippen LogP contribution < -0.4 is 0 Å². The Labute approximate surface area is 109 Å². The summed E-state index contributed by atoms with van der Waals surface area (Å²) in [4.78, 5) is 0. The summed E-state index contributed by atoms with van der Waals surface area (Å²) < 4.78 is 7.08. The van der Waals surface area contributed by atoms with Crippen LogP contribution in [0.3, 0.4) is 0 Å². The number of halogens is 2. The minimum absolute atomic E-state index is 0.201. The third-order valence-corrected chi connectivity index (χ3v) is 4.10. The first-order chi connectivity index (χ1) is 7.31. The highest BCUT2D eigenvalue weighted by molar-refractivity contribution is 14.1. The number of benzene rings is 1. The van der Waals surface area contributed by atoms with E-state index in [1.807, 2.05) is 18.2 Å². The summed E-state index contributed by atoms with van der Waals surface area (Å²) in [6.07, 6.45) is 4.12. The monoisotopic (exact) mass is 336 g/mol. The first-order valence-corrected chi connectivity index (χ1v) is 7.17. The van der Waals surface area contributed by atoms with Gasteiger partial charge in [0.25, 0.3) is 0 Å². The van der Waals surface area contributed by atoms with E-state index in [9.17, 15) is 0 Å². The van der Waals surface area contributed by atoms with Gasteiger partial charge in [-0.3, -0.25) is 0 Å². The van der Waals surface area contributed by atoms with Crippen LogP contribution in [0.25, 0.3) is 0 Å². The molecule has 82 valence electrons. The van der Waals surface area contributed by atoms with Crippen LogP contribution in [0.15, 0.2) is 24.3 Å². The molecule has 0 N–H and O–H groups in total. The van der Waals surface area contributed by atoms with Crippen LogP contribution in [0.2, 0.25) is 5.02 Å². The average Bonchev–Trinajstić information content (AvgIpc) is 2.30. The maximum atomic E-state index is 6.17. The lowest BCUT2D eigenvalue weighted by Gasteiger charge is -2.29. The van der Waals surface area contributed by atoms with E-state index in [1.54, 1.807) is 0 Å². The predicted molar refractivity (Wildman–Crippen MR) is 71.8 cm³/mol. The fourth-order valence-corrected chi connectivity index (χ4v) is 2.88. The van der Waals surface area contributed by atoms with Crippen molar-refractivity contribution in [3.63, 3.8) is 0 Å². The van der Waals surface area contributed by atoms with Crippen molar-refractivity contribution in [1.82, 2.24) is 0 Å². The van der Waals surface area contributed by atoms with Crippen LogP contribution in [0.5, 0.6) is 0 Å². The zero-order valence-electron chi connectivity index (χ0n) is 8.46. The molecule has 3 heteroatoms. The van der Waals surface area contributed by atoms with E-state index in [0.717, 1.165) is 21.4 Å². The van der Waals surface area contributed by atoms with Crippen LogP contribution in [-0.2, 0) is 4.74 Å². The smallest absolute Gasteiger partial charge is 0.0843 e. The lowest BCUT2D eigenvalue weighted by molar-refractivity contribution is -0.0374. The van der Waals surface area contributed by atoms with E-state index in [1.165, 1.54) is 12.8 Å². The zero-order valence-corrected chi connectivity index (χ0v) is 11.4. The van der Waals surface area contributed by atoms with Gasteiger partial charge in [-0.05, 0) is 30.9 Å². The van der Waals surface area contributed by atoms with Gasteiger partial charge < -0.3 is 4.74 Å². The van der Waals surface area contributed by atoms with Gasteiger partial charge >= 0.3 is 0 Å². The molecule has 1 fully saturated rings. The van der Waals surface area contributed by atoms with Crippen molar-refractivity contribution in [3.8, 4) is 0 Å². The Balaban J connectivity index is 2.13. The maximum Gasteiger partial charge on any atom is 0.0843 e. The summed E-state index contributed by atoms with van der Waals surface area (Å²) in [5.41, 5.74) is 1.15. The van der Waals surface area contributed by atoms with E-state index in [2.05, 4.69) is 28.7 Å². The topological polar surface area (TPSA) is 9.23 Å². The quantitative estimate of drug-likeness (QED) is 0.575. The maximum absolute atomic E-state index is 6.17. The summed E-state index contributed by atoms with van der Waals surface area (Å²) in [6.45, 7) is 0. The Morgan fingerprint density at radius 1 is 1.33 bits per heavy atom. The second kappa shape index (κ2) is 5.51. The van der Waals surface area contributed by atoms with Gasteiger partial charge in [-0.1, -0.05) is 52.4 Å². The van der Waals surface area contributed by atoms with E-state index in [4.69, 9.17) is 16.3 Å². The summed E-state index contributed by atoms with van der Waals surface area (Å²) >= 11 is 8.55. The molecule has 1 aliphatic heterocycles. The first kappa shape index (κ1) is 11.7. The Kier molecular flexibility index (Phi) is 4.29. The number of alkyl halides is 1. The van der Waals surface area contributed by atoms with Crippen LogP contribution in [0.1, 0.15) is 30.9 Å². The van der Waals surface area contributed by atoms with Gasteiger partial charge in [0.15, 0.2) is 0 Å². The third-order valence-electron chi connectivity index (χ3n) is 2.77. The molecule has 15 heavy (non-hydrogen) atoms. The average molecular weight is 337 g/mol. The minimum Gasteiger partial charge on any atom is -0.369 e. The second-order valence-electron chi connectivity index (χ2n) is 3.85. The molecule has 1 saturated heterocycles. The highest BCUT2D eigenvalue weighted by Crippen LogP contribution is 2.35. The van der Waals surface area contributed by atoms with Gasteiger partial charge in [-0.2, -0.15) is 0 Å². The first-order valence-electron chi connectivity index (χ1n) is 5.27. The molecule has 1 aliphatic rings. The molecule has 0 saturated carbocycles. The lowest BCUT2D eigenvalue weighted by Crippen LogP contribution is -2.23. The fraction of sp³-hybridized carbons (Fsp3) is 0.500. The molecule has 2 unspecified atom stereocenters. The molecular weight excluding hydrogens is 322 g/mol. The predicted octanol–water partition coefficient (Wildman–Crippen LogP) is 4.39. The van der Waals surface area contributed by atoms with Crippen LogP contribution in [0.4, 0.5) is 0 Å². The molecule has 1 aromatic carbocycles. The molecule has 1 heterocycles. The van der Waals surface area contributed by atoms with Crippen molar-refractivity contribution < 1.29 is 4.74 Å². The van der Waals surface area contributed by atoms with Crippen molar-refractivity contribution in [2.45, 2.75) is 31.5 Å². The standard InChI is InChI=1S/C12H14ClIO/c13-11-6-2-1-5-10(11)12-7-3-4-9(8-14)15-12/h1-2,5-6,9,12H,3-4,7-8H2. The van der Waals surface area contributed by atoms with Gasteiger partial charge in [-0.25, -0.2) is 0 Å². The fourth-order valence-electron chi connectivity index (χ4n) is 1.98. The number of ether oxygens (including phenoxy) is 1. The molecular formula is C12H14ClIO. The highest BCUT2D eigenvalue weighted by atomic mass is 127. The normalized spacial score (nSPS) is 26.5. The molecule has 2 rings (SSSR count). The molecule has 1 aromatic rings. The number of hydrogen-bond donors (Lipinski definition) is 0. The Bertz CT molecular complexity index is 329. The number of hydrogen-bond acceptors (Lipinski definition) is 1. The van der Waals surface area contributed by atoms with E-state index >= 15 is 0 Å². The molecule has 0 amide bonds. The Morgan fingerprint density at radius 3 is 2.87 bits per heavy atom. The van der Waals surface area contributed by atoms with Crippen molar-refractivity contribution >= 4 is 34.2 Å². The molecule has 2 atom stereocenters. The summed E-state index contributed by atoms with van der Waals surface area (Å²) in [7, 11) is 0. The van der Waals surface area contributed by atoms with Gasteiger partial charge in [0.2, 0.25) is 0 Å². The van der Waals surface area contributed by atoms with Gasteiger partial charge in [-0.15, -0.1) is 0 Å². The molecule has 0 aromatic heterocycles. The molecule has 1 nitrogen and oxygen atoms in total. The van der Waals surface area contributed by atoms with E-state index in [0.29, 0.717) is 6.10 Å². The highest BCUT2D eigenvalue weighted by Gasteiger charge is 2.23. The molecule has 0 aliphatic carbocycles. The third kappa shape index (κ3) is 2.86. The zero-order chi connectivity index (χ0) is 10.7. The largest absolute Gasteiger partial charge is 0.369 e. The van der Waals surface area contributed by atoms with Gasteiger partial charge in [0.05, 0.1) is 12.2 Å². The van der Waals surface area contributed by atoms with Crippen molar-refractivity contribution in [1.29, 1.82) is 0 Å². The Hall–Kier alpha value is 0.200. The van der Waals surface area contributed by atoms with Crippen LogP contribution in [-0.4, -0.2) is 10.5 Å². The minimum atomic E-state index is 0.201. The van der Waals surface area contributed by atoms with E-state index in [-0.39, 0.29) is 6.10 Å². The second-order valence-corrected chi connectivity index (χ2v) is 5.14. The summed E-state index contributed by atoms with van der Waals surface area (Å²) in [6, 6.07) is 8.00. The van der Waals surface area contributed by atoms with Crippen molar-refractivity contribution in [3.05, 3.63) is 34.9 Å². The van der Waals surface area contributed by atoms with Gasteiger partial charge in [0, 0.05) is 9.45 Å². The molecule has 0 bridgehead atoms. The van der Waals surface area contributed by atoms with Crippen LogP contribution in [0, 0.1) is 0 Å². The lowest BCUT2D eigenvalue weighted by atomic mass is 9.99. The van der Waals surface area contributed by atoms with Crippen LogP contribution >= 0.6 is 34.2 Å². The summed E-state index contributed by atoms with van der Waals surface area (Å²) in [5, 5.41) is 0.830. The Morgan fingerprint density at radius 2 is 2.13 bits per heavy atom. The molecule has 0 spiro atoms. The number of rotatable bonds is 2. The van der Waals surface area contributed by atoms with E-state index < -0.39 is 0 Å². The van der Waals surface area contributed by atoms with Gasteiger partial charge in [0.1, 0.15) is 0 Å². The molecule has 0 radical (unpaired) electrons. The SMILES string of the molecule is Clc1ccccc1C1CCCC(CI)O1. The van der Waals surface area contributed by atoms with Crippen molar-refractivity contribution in [2.24, 2.45) is 0 Å². The summed E-state index contributed by atoms with van der Waals surface area (Å²) in [5.74, 6) is 0. The van der Waals surface area contributed by atoms with Crippen molar-refractivity contribution in [2.75, 3.05) is 4.43 Å².